The van der Waals surface area contributed by atoms with E-state index in [9.17, 15) is 0 Å². The highest BCUT2D eigenvalue weighted by atomic mass is 15.2. The molecule has 2 rings (SSSR count). The number of nitrogens with zero attached hydrogens (tertiary/aromatic N) is 1. The predicted molar refractivity (Wildman–Crippen MR) is 91.7 cm³/mol. The summed E-state index contributed by atoms with van der Waals surface area (Å²) >= 11 is 0. The molecule has 1 aromatic rings. The van der Waals surface area contributed by atoms with Crippen LogP contribution in [0.2, 0.25) is 0 Å². The van der Waals surface area contributed by atoms with Crippen LogP contribution in [0, 0.1) is 12.3 Å². The van der Waals surface area contributed by atoms with Crippen molar-refractivity contribution in [3.8, 4) is 0 Å². The average Bonchev–Trinajstić information content (AvgIpc) is 2.43. The molecule has 0 aromatic heterocycles. The van der Waals surface area contributed by atoms with E-state index in [1.165, 1.54) is 43.5 Å². The lowest BCUT2D eigenvalue weighted by Gasteiger charge is -2.40. The molecule has 1 N–H and O–H groups in total. The number of likely N-dealkylation sites (tertiary alicyclic amines) is 1. The Morgan fingerprint density at radius 1 is 1.29 bits per heavy atom. The largest absolute Gasteiger partial charge is 0.309 e. The van der Waals surface area contributed by atoms with E-state index in [0.29, 0.717) is 11.5 Å². The summed E-state index contributed by atoms with van der Waals surface area (Å²) in [6, 6.07) is 9.29. The number of rotatable bonds is 6. The molecule has 0 radical (unpaired) electrons. The van der Waals surface area contributed by atoms with Crippen molar-refractivity contribution in [1.29, 1.82) is 0 Å². The number of hydrogen-bond donors (Lipinski definition) is 1. The van der Waals surface area contributed by atoms with Gasteiger partial charge in [-0.05, 0) is 55.8 Å². The van der Waals surface area contributed by atoms with Crippen LogP contribution in [0.3, 0.4) is 0 Å². The third kappa shape index (κ3) is 4.82. The highest BCUT2D eigenvalue weighted by molar-refractivity contribution is 5.29. The van der Waals surface area contributed by atoms with Gasteiger partial charge < -0.3 is 10.2 Å². The van der Waals surface area contributed by atoms with Gasteiger partial charge in [-0.25, -0.2) is 0 Å². The molecule has 0 aliphatic carbocycles. The van der Waals surface area contributed by atoms with Gasteiger partial charge in [0.25, 0.3) is 0 Å². The first-order chi connectivity index (χ1) is 10.0. The zero-order valence-electron chi connectivity index (χ0n) is 14.3. The van der Waals surface area contributed by atoms with E-state index in [0.717, 1.165) is 13.1 Å². The van der Waals surface area contributed by atoms with Crippen molar-refractivity contribution >= 4 is 0 Å². The van der Waals surface area contributed by atoms with Gasteiger partial charge in [0.1, 0.15) is 0 Å². The van der Waals surface area contributed by atoms with Gasteiger partial charge in [0.2, 0.25) is 0 Å². The molecule has 1 saturated heterocycles. The smallest absolute Gasteiger partial charge is 0.0451 e. The molecule has 1 heterocycles. The molecule has 1 unspecified atom stereocenters. The van der Waals surface area contributed by atoms with Crippen LogP contribution in [0.4, 0.5) is 0 Å². The molecule has 0 saturated carbocycles. The van der Waals surface area contributed by atoms with Crippen molar-refractivity contribution in [3.05, 3.63) is 35.4 Å². The summed E-state index contributed by atoms with van der Waals surface area (Å²) < 4.78 is 0. The zero-order valence-corrected chi connectivity index (χ0v) is 14.3. The van der Waals surface area contributed by atoms with E-state index < -0.39 is 0 Å². The highest BCUT2D eigenvalue weighted by Crippen LogP contribution is 2.30. The van der Waals surface area contributed by atoms with Gasteiger partial charge in [-0.2, -0.15) is 0 Å². The van der Waals surface area contributed by atoms with E-state index in [1.54, 1.807) is 0 Å². The van der Waals surface area contributed by atoms with Crippen molar-refractivity contribution in [3.63, 3.8) is 0 Å². The SMILES string of the molecule is CCCNC(CN1CCCC(C)(C)C1)c1ccccc1C. The maximum absolute atomic E-state index is 3.76. The van der Waals surface area contributed by atoms with Crippen molar-refractivity contribution in [2.45, 2.75) is 53.0 Å². The number of aryl methyl sites for hydroxylation is 1. The Morgan fingerprint density at radius 2 is 2.05 bits per heavy atom. The molecule has 1 aliphatic rings. The monoisotopic (exact) mass is 288 g/mol. The minimum Gasteiger partial charge on any atom is -0.309 e. The van der Waals surface area contributed by atoms with E-state index in [4.69, 9.17) is 0 Å². The average molecular weight is 288 g/mol. The Bertz CT molecular complexity index is 439. The molecule has 118 valence electrons. The lowest BCUT2D eigenvalue weighted by molar-refractivity contribution is 0.107. The Hall–Kier alpha value is -0.860. The zero-order chi connectivity index (χ0) is 15.3. The summed E-state index contributed by atoms with van der Waals surface area (Å²) in [4.78, 5) is 2.66. The predicted octanol–water partition coefficient (Wildman–Crippen LogP) is 4.16. The third-order valence-electron chi connectivity index (χ3n) is 4.62. The molecule has 2 nitrogen and oxygen atoms in total. The summed E-state index contributed by atoms with van der Waals surface area (Å²) in [6.45, 7) is 14.0. The molecule has 0 amide bonds. The fraction of sp³-hybridized carbons (Fsp3) is 0.684. The minimum atomic E-state index is 0.458. The quantitative estimate of drug-likeness (QED) is 0.845. The second-order valence-electron chi connectivity index (χ2n) is 7.37. The first kappa shape index (κ1) is 16.5. The number of benzene rings is 1. The Labute approximate surface area is 130 Å². The lowest BCUT2D eigenvalue weighted by atomic mass is 9.84. The summed E-state index contributed by atoms with van der Waals surface area (Å²) in [5.74, 6) is 0. The minimum absolute atomic E-state index is 0.458. The molecule has 2 heteroatoms. The lowest BCUT2D eigenvalue weighted by Crippen LogP contribution is -2.44. The summed E-state index contributed by atoms with van der Waals surface area (Å²) in [6.07, 6.45) is 3.88. The van der Waals surface area contributed by atoms with Gasteiger partial charge in [-0.15, -0.1) is 0 Å². The number of piperidine rings is 1. The van der Waals surface area contributed by atoms with E-state index in [1.807, 2.05) is 0 Å². The molecular formula is C19H32N2. The summed E-state index contributed by atoms with van der Waals surface area (Å²) in [7, 11) is 0. The van der Waals surface area contributed by atoms with Gasteiger partial charge in [-0.1, -0.05) is 45.0 Å². The Kier molecular flexibility index (Phi) is 5.83. The second kappa shape index (κ2) is 7.42. The van der Waals surface area contributed by atoms with Crippen molar-refractivity contribution in [1.82, 2.24) is 10.2 Å². The van der Waals surface area contributed by atoms with Gasteiger partial charge in [0, 0.05) is 19.1 Å². The fourth-order valence-electron chi connectivity index (χ4n) is 3.53. The van der Waals surface area contributed by atoms with E-state index in [-0.39, 0.29) is 0 Å². The molecule has 1 atom stereocenters. The first-order valence-corrected chi connectivity index (χ1v) is 8.53. The first-order valence-electron chi connectivity index (χ1n) is 8.53. The van der Waals surface area contributed by atoms with Crippen molar-refractivity contribution in [2.75, 3.05) is 26.2 Å². The summed E-state index contributed by atoms with van der Waals surface area (Å²) in [5.41, 5.74) is 3.34. The van der Waals surface area contributed by atoms with Crippen LogP contribution < -0.4 is 5.32 Å². The second-order valence-corrected chi connectivity index (χ2v) is 7.37. The standard InChI is InChI=1S/C19H32N2/c1-5-12-20-18(17-10-7-6-9-16(17)2)14-21-13-8-11-19(3,4)15-21/h6-7,9-10,18,20H,5,8,11-15H2,1-4H3. The van der Waals surface area contributed by atoms with E-state index in [2.05, 4.69) is 62.2 Å². The van der Waals surface area contributed by atoms with Crippen molar-refractivity contribution < 1.29 is 0 Å². The molecule has 21 heavy (non-hydrogen) atoms. The molecule has 1 fully saturated rings. The number of nitrogens with one attached hydrogen (secondary N) is 1. The van der Waals surface area contributed by atoms with Crippen LogP contribution in [-0.4, -0.2) is 31.1 Å². The molecular weight excluding hydrogens is 256 g/mol. The Balaban J connectivity index is 2.08. The maximum atomic E-state index is 3.76. The van der Waals surface area contributed by atoms with Crippen LogP contribution in [0.15, 0.2) is 24.3 Å². The molecule has 0 spiro atoms. The van der Waals surface area contributed by atoms with Crippen LogP contribution in [0.5, 0.6) is 0 Å². The van der Waals surface area contributed by atoms with Gasteiger partial charge in [-0.3, -0.25) is 0 Å². The number of hydrogen-bond acceptors (Lipinski definition) is 2. The van der Waals surface area contributed by atoms with Crippen LogP contribution in [-0.2, 0) is 0 Å². The van der Waals surface area contributed by atoms with Crippen LogP contribution >= 0.6 is 0 Å². The molecule has 1 aliphatic heterocycles. The highest BCUT2D eigenvalue weighted by Gasteiger charge is 2.28. The maximum Gasteiger partial charge on any atom is 0.0451 e. The van der Waals surface area contributed by atoms with Gasteiger partial charge in [0.15, 0.2) is 0 Å². The topological polar surface area (TPSA) is 15.3 Å². The molecule has 0 bridgehead atoms. The Morgan fingerprint density at radius 3 is 2.71 bits per heavy atom. The third-order valence-corrected chi connectivity index (χ3v) is 4.62. The van der Waals surface area contributed by atoms with Crippen LogP contribution in [0.25, 0.3) is 0 Å². The molecule has 1 aromatic carbocycles. The normalized spacial score (nSPS) is 20.4. The van der Waals surface area contributed by atoms with Crippen LogP contribution in [0.1, 0.15) is 57.2 Å². The fourth-order valence-corrected chi connectivity index (χ4v) is 3.53. The van der Waals surface area contributed by atoms with Gasteiger partial charge in [0.05, 0.1) is 0 Å². The van der Waals surface area contributed by atoms with E-state index >= 15 is 0 Å². The van der Waals surface area contributed by atoms with Crippen molar-refractivity contribution in [2.24, 2.45) is 5.41 Å². The van der Waals surface area contributed by atoms with Gasteiger partial charge >= 0.3 is 0 Å². The summed E-state index contributed by atoms with van der Waals surface area (Å²) in [5, 5.41) is 3.76.